The molecule has 0 aliphatic carbocycles. The summed E-state index contributed by atoms with van der Waals surface area (Å²) in [5.74, 6) is 0.944. The van der Waals surface area contributed by atoms with Gasteiger partial charge >= 0.3 is 0 Å². The number of anilines is 1. The van der Waals surface area contributed by atoms with E-state index in [1.54, 1.807) is 4.90 Å². The Kier molecular flexibility index (Phi) is 6.89. The Morgan fingerprint density at radius 1 is 1.26 bits per heavy atom. The van der Waals surface area contributed by atoms with E-state index in [0.29, 0.717) is 6.42 Å². The molecular weight excluding hydrogens is 260 g/mol. The molecule has 106 valence electrons. The molecule has 0 atom stereocenters. The first-order valence-corrected chi connectivity index (χ1v) is 6.79. The monoisotopic (exact) mass is 282 g/mol. The van der Waals surface area contributed by atoms with E-state index < -0.39 is 0 Å². The lowest BCUT2D eigenvalue weighted by molar-refractivity contribution is -0.118. The summed E-state index contributed by atoms with van der Waals surface area (Å²) in [6, 6.07) is 9.85. The van der Waals surface area contributed by atoms with Crippen LogP contribution in [0, 0.1) is 5.92 Å². The highest BCUT2D eigenvalue weighted by Gasteiger charge is 2.16. The predicted molar refractivity (Wildman–Crippen MR) is 81.9 cm³/mol. The number of halogens is 1. The summed E-state index contributed by atoms with van der Waals surface area (Å²) in [6.45, 7) is 2.21. The van der Waals surface area contributed by atoms with Gasteiger partial charge in [0.2, 0.25) is 5.91 Å². The highest BCUT2D eigenvalue weighted by Crippen LogP contribution is 2.19. The van der Waals surface area contributed by atoms with Crippen LogP contribution in [-0.4, -0.2) is 26.0 Å². The number of rotatable bonds is 4. The van der Waals surface area contributed by atoms with Gasteiger partial charge < -0.3 is 10.2 Å². The highest BCUT2D eigenvalue weighted by molar-refractivity contribution is 5.92. The molecule has 1 fully saturated rings. The van der Waals surface area contributed by atoms with Gasteiger partial charge in [-0.05, 0) is 50.4 Å². The first-order chi connectivity index (χ1) is 8.77. The predicted octanol–water partition coefficient (Wildman–Crippen LogP) is 2.85. The van der Waals surface area contributed by atoms with Crippen molar-refractivity contribution >= 4 is 24.0 Å². The Labute approximate surface area is 121 Å². The lowest BCUT2D eigenvalue weighted by atomic mass is 9.93. The zero-order chi connectivity index (χ0) is 12.8. The fraction of sp³-hybridized carbons (Fsp3) is 0.533. The lowest BCUT2D eigenvalue weighted by Gasteiger charge is -2.23. The summed E-state index contributed by atoms with van der Waals surface area (Å²) in [5.41, 5.74) is 0.979. The van der Waals surface area contributed by atoms with Gasteiger partial charge in [0, 0.05) is 19.2 Å². The van der Waals surface area contributed by atoms with Crippen molar-refractivity contribution in [2.75, 3.05) is 25.0 Å². The molecule has 3 nitrogen and oxygen atoms in total. The van der Waals surface area contributed by atoms with Gasteiger partial charge in [-0.2, -0.15) is 0 Å². The third-order valence-corrected chi connectivity index (χ3v) is 3.74. The maximum atomic E-state index is 12.1. The molecule has 1 aliphatic rings. The summed E-state index contributed by atoms with van der Waals surface area (Å²) in [6.07, 6.45) is 4.11. The van der Waals surface area contributed by atoms with E-state index in [1.165, 1.54) is 12.8 Å². The van der Waals surface area contributed by atoms with Gasteiger partial charge in [-0.15, -0.1) is 12.4 Å². The van der Waals surface area contributed by atoms with Crippen molar-refractivity contribution in [1.82, 2.24) is 5.32 Å². The molecule has 1 aliphatic heterocycles. The number of para-hydroxylation sites is 1. The van der Waals surface area contributed by atoms with E-state index in [-0.39, 0.29) is 18.3 Å². The fourth-order valence-electron chi connectivity index (χ4n) is 2.46. The smallest absolute Gasteiger partial charge is 0.226 e. The third-order valence-electron chi connectivity index (χ3n) is 3.74. The molecule has 0 spiro atoms. The standard InChI is InChI=1S/C15H22N2O.ClH/c1-17(14-5-3-2-4-6-14)15(18)8-7-13-9-11-16-12-10-13;/h2-6,13,16H,7-12H2,1H3;1H. The zero-order valence-corrected chi connectivity index (χ0v) is 12.3. The van der Waals surface area contributed by atoms with Crippen LogP contribution >= 0.6 is 12.4 Å². The fourth-order valence-corrected chi connectivity index (χ4v) is 2.46. The molecule has 4 heteroatoms. The van der Waals surface area contributed by atoms with Crippen LogP contribution in [0.3, 0.4) is 0 Å². The molecule has 1 heterocycles. The summed E-state index contributed by atoms with van der Waals surface area (Å²) in [7, 11) is 1.86. The summed E-state index contributed by atoms with van der Waals surface area (Å²) >= 11 is 0. The average molecular weight is 283 g/mol. The van der Waals surface area contributed by atoms with Crippen molar-refractivity contribution in [1.29, 1.82) is 0 Å². The zero-order valence-electron chi connectivity index (χ0n) is 11.5. The van der Waals surface area contributed by atoms with Crippen LogP contribution in [0.25, 0.3) is 0 Å². The van der Waals surface area contributed by atoms with Crippen LogP contribution in [-0.2, 0) is 4.79 Å². The number of amides is 1. The minimum absolute atomic E-state index is 0. The number of carbonyl (C=O) groups is 1. The number of hydrogen-bond donors (Lipinski definition) is 1. The number of piperidine rings is 1. The first-order valence-electron chi connectivity index (χ1n) is 6.79. The summed E-state index contributed by atoms with van der Waals surface area (Å²) < 4.78 is 0. The molecule has 0 bridgehead atoms. The molecule has 1 amide bonds. The van der Waals surface area contributed by atoms with Crippen LogP contribution in [0.4, 0.5) is 5.69 Å². The Morgan fingerprint density at radius 2 is 1.89 bits per heavy atom. The molecule has 2 rings (SSSR count). The van der Waals surface area contributed by atoms with Crippen LogP contribution in [0.2, 0.25) is 0 Å². The largest absolute Gasteiger partial charge is 0.317 e. The van der Waals surface area contributed by atoms with Crippen molar-refractivity contribution in [3.8, 4) is 0 Å². The van der Waals surface area contributed by atoms with E-state index in [4.69, 9.17) is 0 Å². The molecular formula is C15H23ClN2O. The lowest BCUT2D eigenvalue weighted by Crippen LogP contribution is -2.30. The quantitative estimate of drug-likeness (QED) is 0.921. The van der Waals surface area contributed by atoms with Gasteiger partial charge in [0.05, 0.1) is 0 Å². The highest BCUT2D eigenvalue weighted by atomic mass is 35.5. The summed E-state index contributed by atoms with van der Waals surface area (Å²) in [4.78, 5) is 13.9. The van der Waals surface area contributed by atoms with Crippen molar-refractivity contribution in [2.45, 2.75) is 25.7 Å². The van der Waals surface area contributed by atoms with E-state index in [1.807, 2.05) is 37.4 Å². The first kappa shape index (κ1) is 16.0. The van der Waals surface area contributed by atoms with E-state index in [2.05, 4.69) is 5.32 Å². The second-order valence-corrected chi connectivity index (χ2v) is 5.02. The maximum absolute atomic E-state index is 12.1. The molecule has 1 saturated heterocycles. The van der Waals surface area contributed by atoms with Gasteiger partial charge in [0.1, 0.15) is 0 Å². The van der Waals surface area contributed by atoms with Gasteiger partial charge in [0.15, 0.2) is 0 Å². The second-order valence-electron chi connectivity index (χ2n) is 5.02. The number of nitrogens with one attached hydrogen (secondary N) is 1. The molecule has 0 radical (unpaired) electrons. The topological polar surface area (TPSA) is 32.3 Å². The Balaban J connectivity index is 0.00000180. The number of benzene rings is 1. The third kappa shape index (κ3) is 4.84. The molecule has 0 aromatic heterocycles. The molecule has 1 aromatic rings. The van der Waals surface area contributed by atoms with Crippen LogP contribution < -0.4 is 10.2 Å². The Bertz CT molecular complexity index is 377. The second kappa shape index (κ2) is 8.18. The van der Waals surface area contributed by atoms with Gasteiger partial charge in [-0.1, -0.05) is 18.2 Å². The molecule has 1 aromatic carbocycles. The molecule has 0 saturated carbocycles. The minimum atomic E-state index is 0. The Morgan fingerprint density at radius 3 is 2.53 bits per heavy atom. The minimum Gasteiger partial charge on any atom is -0.317 e. The van der Waals surface area contributed by atoms with Crippen molar-refractivity contribution in [2.24, 2.45) is 5.92 Å². The van der Waals surface area contributed by atoms with Crippen LogP contribution in [0.15, 0.2) is 30.3 Å². The molecule has 1 N–H and O–H groups in total. The number of nitrogens with zero attached hydrogens (tertiary/aromatic N) is 1. The Hall–Kier alpha value is -1.06. The van der Waals surface area contributed by atoms with Crippen LogP contribution in [0.1, 0.15) is 25.7 Å². The molecule has 0 unspecified atom stereocenters. The van der Waals surface area contributed by atoms with Gasteiger partial charge in [-0.25, -0.2) is 0 Å². The SMILES string of the molecule is CN(C(=O)CCC1CCNCC1)c1ccccc1.Cl. The van der Waals surface area contributed by atoms with E-state index in [9.17, 15) is 4.79 Å². The molecule has 19 heavy (non-hydrogen) atoms. The van der Waals surface area contributed by atoms with Gasteiger partial charge in [0.25, 0.3) is 0 Å². The average Bonchev–Trinajstić information content (AvgIpc) is 2.46. The van der Waals surface area contributed by atoms with Crippen molar-refractivity contribution in [3.63, 3.8) is 0 Å². The normalized spacial score (nSPS) is 15.6. The van der Waals surface area contributed by atoms with E-state index in [0.717, 1.165) is 31.1 Å². The number of hydrogen-bond acceptors (Lipinski definition) is 2. The summed E-state index contributed by atoms with van der Waals surface area (Å²) in [5, 5.41) is 3.36. The number of carbonyl (C=O) groups excluding carboxylic acids is 1. The van der Waals surface area contributed by atoms with Crippen molar-refractivity contribution in [3.05, 3.63) is 30.3 Å². The van der Waals surface area contributed by atoms with E-state index >= 15 is 0 Å². The van der Waals surface area contributed by atoms with Crippen molar-refractivity contribution < 1.29 is 4.79 Å². The maximum Gasteiger partial charge on any atom is 0.226 e. The van der Waals surface area contributed by atoms with Gasteiger partial charge in [-0.3, -0.25) is 4.79 Å². The van der Waals surface area contributed by atoms with Crippen LogP contribution in [0.5, 0.6) is 0 Å².